The van der Waals surface area contributed by atoms with Crippen LogP contribution in [-0.2, 0) is 0 Å². The van der Waals surface area contributed by atoms with Crippen LogP contribution in [0.3, 0.4) is 0 Å². The minimum Gasteiger partial charge on any atom is -0.361 e. The van der Waals surface area contributed by atoms with Crippen LogP contribution in [0.5, 0.6) is 0 Å². The fraction of sp³-hybridized carbons (Fsp3) is 0. The van der Waals surface area contributed by atoms with Crippen LogP contribution in [0.2, 0.25) is 0 Å². The number of nitrogens with zero attached hydrogens (tertiary/aromatic N) is 1. The van der Waals surface area contributed by atoms with Gasteiger partial charge in [0.25, 0.3) is 0 Å². The maximum absolute atomic E-state index is 4.08. The summed E-state index contributed by atoms with van der Waals surface area (Å²) in [6, 6.07) is 37.4. The number of para-hydroxylation sites is 4. The monoisotopic (exact) mass is 452 g/mol. The van der Waals surface area contributed by atoms with Crippen molar-refractivity contribution in [1.29, 1.82) is 0 Å². The molecule has 4 aromatic carbocycles. The lowest BCUT2D eigenvalue weighted by molar-refractivity contribution is 1.35. The number of nitrogens with one attached hydrogen (secondary N) is 3. The third-order valence-electron chi connectivity index (χ3n) is 6.18. The smallest absolute Gasteiger partial charge is 0.0651 e. The lowest BCUT2D eigenvalue weighted by Gasteiger charge is -1.87. The fourth-order valence-corrected chi connectivity index (χ4v) is 4.50. The SMILES string of the molecule is c1ccc2[nH]ccc2c1.c1ccc2c(c1)[nH]c1ccccc12.c1ccc2c(c1)[nH]c1cnccc12. The standard InChI is InChI=1S/C12H9N.C11H8N2.C8H7N/c1-3-7-11-9(5-1)10-6-2-4-8-12(10)13-11;1-2-4-10-8(3-1)9-5-6-12-7-11(9)13-10;1-2-4-8-7(3-1)5-6-9-8/h1-8,13H;1-7,13H;1-6,9H. The molecule has 0 radical (unpaired) electrons. The van der Waals surface area contributed by atoms with Crippen molar-refractivity contribution in [2.75, 3.05) is 0 Å². The van der Waals surface area contributed by atoms with Gasteiger partial charge >= 0.3 is 0 Å². The largest absolute Gasteiger partial charge is 0.361 e. The maximum Gasteiger partial charge on any atom is 0.0651 e. The summed E-state index contributed by atoms with van der Waals surface area (Å²) in [6.07, 6.45) is 5.63. The van der Waals surface area contributed by atoms with Crippen LogP contribution < -0.4 is 0 Å². The topological polar surface area (TPSA) is 60.3 Å². The summed E-state index contributed by atoms with van der Waals surface area (Å²) >= 11 is 0. The molecule has 0 aliphatic heterocycles. The van der Waals surface area contributed by atoms with E-state index in [1.807, 2.05) is 42.9 Å². The molecule has 0 saturated heterocycles. The van der Waals surface area contributed by atoms with Gasteiger partial charge in [0.15, 0.2) is 0 Å². The molecule has 3 N–H and O–H groups in total. The molecule has 0 aliphatic carbocycles. The number of hydrogen-bond donors (Lipinski definition) is 3. The van der Waals surface area contributed by atoms with Crippen LogP contribution in [0, 0.1) is 0 Å². The number of pyridine rings is 1. The van der Waals surface area contributed by atoms with E-state index in [0.717, 1.165) is 5.52 Å². The first-order valence-electron chi connectivity index (χ1n) is 11.6. The zero-order valence-corrected chi connectivity index (χ0v) is 19.1. The number of aromatic nitrogens is 4. The molecule has 0 bridgehead atoms. The number of rotatable bonds is 0. The number of H-pyrrole nitrogens is 3. The molecule has 35 heavy (non-hydrogen) atoms. The molecule has 0 spiro atoms. The van der Waals surface area contributed by atoms with Gasteiger partial charge in [-0.3, -0.25) is 4.98 Å². The Morgan fingerprint density at radius 2 is 0.914 bits per heavy atom. The van der Waals surface area contributed by atoms with Gasteiger partial charge in [-0.2, -0.15) is 0 Å². The van der Waals surface area contributed by atoms with Crippen molar-refractivity contribution in [3.8, 4) is 0 Å². The van der Waals surface area contributed by atoms with Gasteiger partial charge in [0.2, 0.25) is 0 Å². The van der Waals surface area contributed by atoms with E-state index in [0.29, 0.717) is 0 Å². The Hall–Kier alpha value is -4.83. The Bertz CT molecular complexity index is 1630. The van der Waals surface area contributed by atoms with Crippen molar-refractivity contribution in [2.24, 2.45) is 0 Å². The van der Waals surface area contributed by atoms with Crippen molar-refractivity contribution in [2.45, 2.75) is 0 Å². The summed E-state index contributed by atoms with van der Waals surface area (Å²) < 4.78 is 0. The van der Waals surface area contributed by atoms with Crippen LogP contribution in [0.1, 0.15) is 0 Å². The van der Waals surface area contributed by atoms with E-state index in [1.165, 1.54) is 49.0 Å². The second kappa shape index (κ2) is 9.20. The predicted octanol–water partition coefficient (Wildman–Crippen LogP) is 8.21. The van der Waals surface area contributed by atoms with Crippen molar-refractivity contribution in [1.82, 2.24) is 19.9 Å². The molecule has 0 amide bonds. The van der Waals surface area contributed by atoms with Gasteiger partial charge in [-0.25, -0.2) is 0 Å². The maximum atomic E-state index is 4.08. The molecule has 168 valence electrons. The van der Waals surface area contributed by atoms with Gasteiger partial charge in [0, 0.05) is 56.0 Å². The molecule has 4 aromatic heterocycles. The molecule has 8 aromatic rings. The Morgan fingerprint density at radius 1 is 0.429 bits per heavy atom. The molecule has 4 nitrogen and oxygen atoms in total. The first-order valence-corrected chi connectivity index (χ1v) is 11.6. The molecular formula is C31H24N4. The van der Waals surface area contributed by atoms with Gasteiger partial charge < -0.3 is 15.0 Å². The van der Waals surface area contributed by atoms with E-state index in [9.17, 15) is 0 Å². The van der Waals surface area contributed by atoms with E-state index >= 15 is 0 Å². The lowest BCUT2D eigenvalue weighted by atomic mass is 10.2. The highest BCUT2D eigenvalue weighted by Crippen LogP contribution is 2.24. The second-order valence-corrected chi connectivity index (χ2v) is 8.37. The third kappa shape index (κ3) is 4.13. The van der Waals surface area contributed by atoms with Crippen LogP contribution in [0.25, 0.3) is 54.5 Å². The van der Waals surface area contributed by atoms with Gasteiger partial charge in [0.1, 0.15) is 0 Å². The molecule has 0 fully saturated rings. The van der Waals surface area contributed by atoms with E-state index in [1.54, 1.807) is 0 Å². The Labute approximate surface area is 202 Å². The number of hydrogen-bond acceptors (Lipinski definition) is 1. The van der Waals surface area contributed by atoms with Crippen LogP contribution >= 0.6 is 0 Å². The summed E-state index contributed by atoms with van der Waals surface area (Å²) in [5.41, 5.74) is 5.90. The Kier molecular flexibility index (Phi) is 5.45. The zero-order valence-electron chi connectivity index (χ0n) is 19.1. The molecule has 8 rings (SSSR count). The highest BCUT2D eigenvalue weighted by atomic mass is 14.7. The molecule has 0 saturated carbocycles. The molecular weight excluding hydrogens is 428 g/mol. The lowest BCUT2D eigenvalue weighted by Crippen LogP contribution is -1.68. The highest BCUT2D eigenvalue weighted by molar-refractivity contribution is 6.07. The molecule has 0 atom stereocenters. The average Bonchev–Trinajstić information content (AvgIpc) is 3.64. The summed E-state index contributed by atoms with van der Waals surface area (Å²) in [4.78, 5) is 13.9. The van der Waals surface area contributed by atoms with Gasteiger partial charge in [-0.1, -0.05) is 72.8 Å². The first-order chi connectivity index (χ1) is 17.4. The molecule has 4 heterocycles. The quantitative estimate of drug-likeness (QED) is 0.213. The highest BCUT2D eigenvalue weighted by Gasteiger charge is 2.01. The van der Waals surface area contributed by atoms with Crippen LogP contribution in [-0.4, -0.2) is 19.9 Å². The summed E-state index contributed by atoms with van der Waals surface area (Å²) in [7, 11) is 0. The summed E-state index contributed by atoms with van der Waals surface area (Å²) in [5.74, 6) is 0. The number of benzene rings is 4. The number of aromatic amines is 3. The van der Waals surface area contributed by atoms with Crippen LogP contribution in [0.4, 0.5) is 0 Å². The average molecular weight is 453 g/mol. The van der Waals surface area contributed by atoms with Gasteiger partial charge in [0.05, 0.1) is 11.7 Å². The van der Waals surface area contributed by atoms with Crippen molar-refractivity contribution >= 4 is 54.5 Å². The van der Waals surface area contributed by atoms with Crippen molar-refractivity contribution in [3.63, 3.8) is 0 Å². The zero-order chi connectivity index (χ0) is 23.5. The van der Waals surface area contributed by atoms with E-state index in [4.69, 9.17) is 0 Å². The van der Waals surface area contributed by atoms with Gasteiger partial charge in [-0.15, -0.1) is 0 Å². The van der Waals surface area contributed by atoms with E-state index in [2.05, 4.69) is 105 Å². The Morgan fingerprint density at radius 3 is 1.51 bits per heavy atom. The molecule has 4 heteroatoms. The van der Waals surface area contributed by atoms with Crippen LogP contribution in [0.15, 0.2) is 128 Å². The van der Waals surface area contributed by atoms with Crippen molar-refractivity contribution in [3.05, 3.63) is 128 Å². The number of fused-ring (bicyclic) bond motifs is 7. The minimum absolute atomic E-state index is 1.10. The van der Waals surface area contributed by atoms with Gasteiger partial charge in [-0.05, 0) is 41.8 Å². The Balaban J connectivity index is 0.0000000999. The first kappa shape index (κ1) is 20.8. The molecule has 0 aliphatic rings. The van der Waals surface area contributed by atoms with E-state index < -0.39 is 0 Å². The van der Waals surface area contributed by atoms with Crippen molar-refractivity contribution < 1.29 is 0 Å². The molecule has 0 unspecified atom stereocenters. The van der Waals surface area contributed by atoms with E-state index in [-0.39, 0.29) is 0 Å². The third-order valence-corrected chi connectivity index (χ3v) is 6.18. The normalized spacial score (nSPS) is 10.9. The summed E-state index contributed by atoms with van der Waals surface area (Å²) in [6.45, 7) is 0. The summed E-state index contributed by atoms with van der Waals surface area (Å²) in [5, 5.41) is 6.39. The second-order valence-electron chi connectivity index (χ2n) is 8.37. The predicted molar refractivity (Wildman–Crippen MR) is 148 cm³/mol. The minimum atomic E-state index is 1.10. The fourth-order valence-electron chi connectivity index (χ4n) is 4.50.